The fourth-order valence-corrected chi connectivity index (χ4v) is 5.09. The molecule has 0 bridgehead atoms. The first-order valence-corrected chi connectivity index (χ1v) is 10.5. The van der Waals surface area contributed by atoms with Crippen LogP contribution in [0.2, 0.25) is 0 Å². The van der Waals surface area contributed by atoms with Crippen LogP contribution in [0.4, 0.5) is 0 Å². The molecule has 1 aliphatic rings. The quantitative estimate of drug-likeness (QED) is 0.801. The Hall–Kier alpha value is -0.920. The number of rotatable bonds is 5. The van der Waals surface area contributed by atoms with Crippen LogP contribution in [0.25, 0.3) is 0 Å². The summed E-state index contributed by atoms with van der Waals surface area (Å²) in [6, 6.07) is 6.95. The number of halogens is 1. The van der Waals surface area contributed by atoms with Gasteiger partial charge in [-0.15, -0.1) is 0 Å². The third-order valence-electron chi connectivity index (χ3n) is 4.65. The molecule has 5 nitrogen and oxygen atoms in total. The zero-order valence-electron chi connectivity index (χ0n) is 14.3. The van der Waals surface area contributed by atoms with Crippen molar-refractivity contribution in [2.24, 2.45) is 11.8 Å². The minimum Gasteiger partial charge on any atom is -0.353 e. The molecule has 1 saturated heterocycles. The van der Waals surface area contributed by atoms with Gasteiger partial charge in [0.1, 0.15) is 0 Å². The van der Waals surface area contributed by atoms with Crippen molar-refractivity contribution in [2.75, 3.05) is 13.1 Å². The lowest BCUT2D eigenvalue weighted by Crippen LogP contribution is -2.45. The summed E-state index contributed by atoms with van der Waals surface area (Å²) in [6.07, 6.45) is 1.11. The van der Waals surface area contributed by atoms with E-state index < -0.39 is 10.0 Å². The Balaban J connectivity index is 2.00. The summed E-state index contributed by atoms with van der Waals surface area (Å²) in [5.74, 6) is 0.302. The second kappa shape index (κ2) is 7.97. The maximum absolute atomic E-state index is 12.7. The van der Waals surface area contributed by atoms with Crippen LogP contribution in [0.15, 0.2) is 33.6 Å². The van der Waals surface area contributed by atoms with Gasteiger partial charge in [0.05, 0.1) is 4.90 Å². The van der Waals surface area contributed by atoms with Crippen molar-refractivity contribution in [2.45, 2.75) is 44.6 Å². The van der Waals surface area contributed by atoms with E-state index in [4.69, 9.17) is 0 Å². The molecule has 0 aromatic heterocycles. The molecule has 0 aliphatic carbocycles. The van der Waals surface area contributed by atoms with Gasteiger partial charge in [0.15, 0.2) is 0 Å². The van der Waals surface area contributed by atoms with E-state index in [1.54, 1.807) is 24.3 Å². The molecule has 7 heteroatoms. The normalized spacial score (nSPS) is 18.5. The van der Waals surface area contributed by atoms with E-state index in [1.165, 1.54) is 4.31 Å². The maximum atomic E-state index is 12.7. The van der Waals surface area contributed by atoms with E-state index in [1.807, 2.05) is 6.92 Å². The number of hydrogen-bond donors (Lipinski definition) is 1. The predicted octanol–water partition coefficient (Wildman–Crippen LogP) is 3.01. The Bertz CT molecular complexity index is 683. The van der Waals surface area contributed by atoms with Gasteiger partial charge in [0.25, 0.3) is 0 Å². The molecular weight excluding hydrogens is 392 g/mol. The van der Waals surface area contributed by atoms with Gasteiger partial charge >= 0.3 is 0 Å². The number of nitrogens with one attached hydrogen (secondary N) is 1. The molecule has 134 valence electrons. The lowest BCUT2D eigenvalue weighted by atomic mass is 9.96. The van der Waals surface area contributed by atoms with Crippen molar-refractivity contribution < 1.29 is 13.2 Å². The van der Waals surface area contributed by atoms with E-state index in [2.05, 4.69) is 35.1 Å². The number of sulfonamides is 1. The first-order valence-electron chi connectivity index (χ1n) is 8.28. The fraction of sp³-hybridized carbons (Fsp3) is 0.588. The maximum Gasteiger partial charge on any atom is 0.244 e. The molecule has 0 saturated carbocycles. The number of nitrogens with zero attached hydrogens (tertiary/aromatic N) is 1. The van der Waals surface area contributed by atoms with Gasteiger partial charge in [-0.1, -0.05) is 26.0 Å². The topological polar surface area (TPSA) is 66.5 Å². The first-order chi connectivity index (χ1) is 11.2. The second-order valence-electron chi connectivity index (χ2n) is 6.65. The summed E-state index contributed by atoms with van der Waals surface area (Å²) in [5.41, 5.74) is 0. The smallest absolute Gasteiger partial charge is 0.244 e. The third-order valence-corrected chi connectivity index (χ3v) is 7.56. The summed E-state index contributed by atoms with van der Waals surface area (Å²) in [6.45, 7) is 6.88. The van der Waals surface area contributed by atoms with Gasteiger partial charge in [-0.05, 0) is 53.7 Å². The Morgan fingerprint density at radius 3 is 2.33 bits per heavy atom. The van der Waals surface area contributed by atoms with Gasteiger partial charge in [-0.2, -0.15) is 4.31 Å². The van der Waals surface area contributed by atoms with Crippen molar-refractivity contribution >= 4 is 31.9 Å². The minimum atomic E-state index is -3.52. The summed E-state index contributed by atoms with van der Waals surface area (Å²) in [4.78, 5) is 12.6. The number of carbonyl (C=O) groups is 1. The van der Waals surface area contributed by atoms with E-state index in [-0.39, 0.29) is 22.8 Å². The first kappa shape index (κ1) is 19.4. The van der Waals surface area contributed by atoms with Crippen LogP contribution in [0.1, 0.15) is 33.6 Å². The van der Waals surface area contributed by atoms with E-state index in [9.17, 15) is 13.2 Å². The molecule has 1 heterocycles. The van der Waals surface area contributed by atoms with Gasteiger partial charge < -0.3 is 5.32 Å². The zero-order valence-corrected chi connectivity index (χ0v) is 16.7. The van der Waals surface area contributed by atoms with Gasteiger partial charge in [-0.25, -0.2) is 8.42 Å². The van der Waals surface area contributed by atoms with Crippen LogP contribution >= 0.6 is 15.9 Å². The molecule has 0 spiro atoms. The number of benzene rings is 1. The van der Waals surface area contributed by atoms with E-state index >= 15 is 0 Å². The molecule has 1 amide bonds. The van der Waals surface area contributed by atoms with Crippen LogP contribution < -0.4 is 5.32 Å². The number of piperidine rings is 1. The lowest BCUT2D eigenvalue weighted by molar-refractivity contribution is -0.127. The largest absolute Gasteiger partial charge is 0.353 e. The van der Waals surface area contributed by atoms with Crippen LogP contribution in [0.3, 0.4) is 0 Å². The molecule has 1 unspecified atom stereocenters. The SMILES string of the molecule is CC(C)C(C)NC(=O)C1CCN(S(=O)(=O)c2ccccc2Br)CC1. The van der Waals surface area contributed by atoms with Crippen LogP contribution in [0.5, 0.6) is 0 Å². The summed E-state index contributed by atoms with van der Waals surface area (Å²) >= 11 is 3.30. The average Bonchev–Trinajstić information content (AvgIpc) is 2.55. The number of carbonyl (C=O) groups excluding carboxylic acids is 1. The highest BCUT2D eigenvalue weighted by atomic mass is 79.9. The van der Waals surface area contributed by atoms with Crippen molar-refractivity contribution in [1.82, 2.24) is 9.62 Å². The number of hydrogen-bond acceptors (Lipinski definition) is 3. The molecule has 1 fully saturated rings. The average molecular weight is 417 g/mol. The molecule has 1 N–H and O–H groups in total. The molecule has 0 radical (unpaired) electrons. The predicted molar refractivity (Wildman–Crippen MR) is 98.1 cm³/mol. The minimum absolute atomic E-state index is 0.0362. The molecule has 24 heavy (non-hydrogen) atoms. The van der Waals surface area contributed by atoms with Crippen LogP contribution in [-0.2, 0) is 14.8 Å². The van der Waals surface area contributed by atoms with Crippen molar-refractivity contribution in [3.05, 3.63) is 28.7 Å². The van der Waals surface area contributed by atoms with Crippen LogP contribution in [-0.4, -0.2) is 37.8 Å². The van der Waals surface area contributed by atoms with E-state index in [0.717, 1.165) is 0 Å². The lowest BCUT2D eigenvalue weighted by Gasteiger charge is -2.31. The van der Waals surface area contributed by atoms with Crippen molar-refractivity contribution in [1.29, 1.82) is 0 Å². The summed E-state index contributed by atoms with van der Waals surface area (Å²) in [7, 11) is -3.52. The highest BCUT2D eigenvalue weighted by Gasteiger charge is 2.33. The van der Waals surface area contributed by atoms with Crippen molar-refractivity contribution in [3.63, 3.8) is 0 Å². The van der Waals surface area contributed by atoms with Crippen molar-refractivity contribution in [3.8, 4) is 0 Å². The third kappa shape index (κ3) is 4.37. The Morgan fingerprint density at radius 1 is 1.21 bits per heavy atom. The van der Waals surface area contributed by atoms with Crippen LogP contribution in [0, 0.1) is 11.8 Å². The summed E-state index contributed by atoms with van der Waals surface area (Å²) < 4.78 is 27.5. The number of amides is 1. The zero-order chi connectivity index (χ0) is 17.9. The molecular formula is C17H25BrN2O3S. The molecule has 1 aromatic carbocycles. The Kier molecular flexibility index (Phi) is 6.45. The molecule has 1 aromatic rings. The standard InChI is InChI=1S/C17H25BrN2O3S/c1-12(2)13(3)19-17(21)14-8-10-20(11-9-14)24(22,23)16-7-5-4-6-15(16)18/h4-7,12-14H,8-11H2,1-3H3,(H,19,21). The highest BCUT2D eigenvalue weighted by Crippen LogP contribution is 2.28. The fourth-order valence-electron chi connectivity index (χ4n) is 2.66. The Labute approximate surface area is 153 Å². The molecule has 1 aliphatic heterocycles. The van der Waals surface area contributed by atoms with Gasteiger partial charge in [-0.3, -0.25) is 4.79 Å². The highest BCUT2D eigenvalue weighted by molar-refractivity contribution is 9.10. The van der Waals surface area contributed by atoms with Gasteiger partial charge in [0.2, 0.25) is 15.9 Å². The molecule has 1 atom stereocenters. The summed E-state index contributed by atoms with van der Waals surface area (Å²) in [5, 5.41) is 3.03. The van der Waals surface area contributed by atoms with Gasteiger partial charge in [0, 0.05) is 29.5 Å². The second-order valence-corrected chi connectivity index (χ2v) is 9.41. The molecule has 2 rings (SSSR count). The monoisotopic (exact) mass is 416 g/mol. The Morgan fingerprint density at radius 2 is 1.79 bits per heavy atom. The van der Waals surface area contributed by atoms with E-state index in [0.29, 0.717) is 36.3 Å².